The van der Waals surface area contributed by atoms with Crippen LogP contribution in [0.25, 0.3) is 28.5 Å². The van der Waals surface area contributed by atoms with Crippen molar-refractivity contribution in [1.82, 2.24) is 24.3 Å². The Morgan fingerprint density at radius 3 is 2.81 bits per heavy atom. The highest BCUT2D eigenvalue weighted by molar-refractivity contribution is 6.33. The first kappa shape index (κ1) is 20.4. The molecule has 1 aliphatic heterocycles. The normalized spacial score (nSPS) is 14.8. The number of nitrogens with one attached hydrogen (secondary N) is 1. The summed E-state index contributed by atoms with van der Waals surface area (Å²) in [6.07, 6.45) is 6.59. The number of likely N-dealkylation sites (tertiary alicyclic amines) is 1. The van der Waals surface area contributed by atoms with Gasteiger partial charge in [-0.3, -0.25) is 9.20 Å². The maximum Gasteiger partial charge on any atom is 0.306 e. The molecule has 164 valence electrons. The van der Waals surface area contributed by atoms with Crippen LogP contribution < -0.4 is 5.32 Å². The van der Waals surface area contributed by atoms with Gasteiger partial charge in [0, 0.05) is 44.0 Å². The van der Waals surface area contributed by atoms with Crippen molar-refractivity contribution in [2.75, 3.05) is 18.4 Å². The van der Waals surface area contributed by atoms with Crippen LogP contribution in [0.5, 0.6) is 0 Å². The van der Waals surface area contributed by atoms with E-state index in [1.807, 2.05) is 4.90 Å². The van der Waals surface area contributed by atoms with Crippen molar-refractivity contribution >= 4 is 29.3 Å². The molecular weight excluding hydrogens is 435 g/mol. The van der Waals surface area contributed by atoms with E-state index >= 15 is 0 Å². The molecule has 0 unspecified atom stereocenters. The van der Waals surface area contributed by atoms with Crippen molar-refractivity contribution in [3.05, 3.63) is 53.8 Å². The molecule has 0 spiro atoms. The average molecular weight is 455 g/mol. The molecule has 8 nitrogen and oxygen atoms in total. The lowest BCUT2D eigenvalue weighted by Gasteiger charge is -2.31. The standard InChI is InChI=1S/C22H20ClFN6O2/c1-13(31)29-8-5-15(6-9-29)26-21-25-7-4-18(27-21)20-19(28-22-30(20)10-11-32-22)16-3-2-14(24)12-17(16)23/h2-4,7,10-12,15H,5-6,8-9H2,1H3,(H,25,26,27). The van der Waals surface area contributed by atoms with Crippen LogP contribution in [0.1, 0.15) is 19.8 Å². The maximum absolute atomic E-state index is 13.6. The number of rotatable bonds is 4. The summed E-state index contributed by atoms with van der Waals surface area (Å²) in [5.74, 6) is 0.532. The molecule has 1 fully saturated rings. The lowest BCUT2D eigenvalue weighted by Crippen LogP contribution is -2.41. The number of imidazole rings is 1. The van der Waals surface area contributed by atoms with Gasteiger partial charge < -0.3 is 14.6 Å². The van der Waals surface area contributed by atoms with E-state index in [-0.39, 0.29) is 17.0 Å². The highest BCUT2D eigenvalue weighted by Gasteiger charge is 2.23. The Morgan fingerprint density at radius 2 is 2.06 bits per heavy atom. The van der Waals surface area contributed by atoms with Gasteiger partial charge >= 0.3 is 5.84 Å². The van der Waals surface area contributed by atoms with Gasteiger partial charge in [-0.1, -0.05) is 11.6 Å². The second-order valence-electron chi connectivity index (χ2n) is 7.68. The summed E-state index contributed by atoms with van der Waals surface area (Å²) in [6, 6.07) is 6.13. The first-order valence-electron chi connectivity index (χ1n) is 10.3. The van der Waals surface area contributed by atoms with E-state index in [0.29, 0.717) is 47.5 Å². The minimum atomic E-state index is -0.424. The summed E-state index contributed by atoms with van der Waals surface area (Å²) in [5.41, 5.74) is 2.40. The minimum Gasteiger partial charge on any atom is -0.432 e. The highest BCUT2D eigenvalue weighted by atomic mass is 35.5. The van der Waals surface area contributed by atoms with Crippen LogP contribution in [-0.2, 0) is 4.79 Å². The predicted octanol–water partition coefficient (Wildman–Crippen LogP) is 4.27. The molecule has 0 saturated carbocycles. The lowest BCUT2D eigenvalue weighted by atomic mass is 10.1. The molecule has 10 heteroatoms. The molecule has 0 bridgehead atoms. The Hall–Kier alpha value is -3.46. The van der Waals surface area contributed by atoms with Gasteiger partial charge in [0.1, 0.15) is 23.5 Å². The number of halogens is 2. The third-order valence-corrected chi connectivity index (χ3v) is 5.93. The molecule has 1 N–H and O–H groups in total. The van der Waals surface area contributed by atoms with E-state index in [2.05, 4.69) is 15.3 Å². The molecule has 3 aromatic heterocycles. The van der Waals surface area contributed by atoms with Crippen LogP contribution in [0, 0.1) is 5.82 Å². The lowest BCUT2D eigenvalue weighted by molar-refractivity contribution is -0.129. The molecule has 0 radical (unpaired) electrons. The molecule has 0 aliphatic carbocycles. The van der Waals surface area contributed by atoms with Gasteiger partial charge in [-0.25, -0.2) is 14.4 Å². The van der Waals surface area contributed by atoms with Gasteiger partial charge in [-0.15, -0.1) is 0 Å². The van der Waals surface area contributed by atoms with E-state index < -0.39 is 5.82 Å². The largest absolute Gasteiger partial charge is 0.432 e. The molecule has 32 heavy (non-hydrogen) atoms. The summed E-state index contributed by atoms with van der Waals surface area (Å²) >= 11 is 6.32. The van der Waals surface area contributed by atoms with E-state index in [0.717, 1.165) is 12.8 Å². The van der Waals surface area contributed by atoms with Gasteiger partial charge in [-0.2, -0.15) is 4.98 Å². The Bertz CT molecular complexity index is 1290. The van der Waals surface area contributed by atoms with Crippen molar-refractivity contribution in [2.24, 2.45) is 0 Å². The topological polar surface area (TPSA) is 88.6 Å². The summed E-state index contributed by atoms with van der Waals surface area (Å²) < 4.78 is 20.8. The number of oxazole rings is 1. The fraction of sp³-hybridized carbons (Fsp3) is 0.273. The molecule has 5 rings (SSSR count). The Labute approximate surface area is 188 Å². The fourth-order valence-corrected chi connectivity index (χ4v) is 4.24. The Morgan fingerprint density at radius 1 is 1.25 bits per heavy atom. The second kappa shape index (κ2) is 8.23. The van der Waals surface area contributed by atoms with E-state index in [9.17, 15) is 9.18 Å². The number of benzene rings is 1. The summed E-state index contributed by atoms with van der Waals surface area (Å²) in [5, 5.41) is 3.62. The van der Waals surface area contributed by atoms with Gasteiger partial charge in [0.05, 0.1) is 10.7 Å². The van der Waals surface area contributed by atoms with E-state index in [1.165, 1.54) is 18.4 Å². The smallest absolute Gasteiger partial charge is 0.306 e. The number of hydrogen-bond acceptors (Lipinski definition) is 6. The van der Waals surface area contributed by atoms with Crippen molar-refractivity contribution in [3.8, 4) is 22.6 Å². The van der Waals surface area contributed by atoms with Crippen LogP contribution in [0.15, 0.2) is 47.3 Å². The van der Waals surface area contributed by atoms with Crippen molar-refractivity contribution in [1.29, 1.82) is 0 Å². The number of carbonyl (C=O) groups is 1. The van der Waals surface area contributed by atoms with E-state index in [1.54, 1.807) is 35.9 Å². The van der Waals surface area contributed by atoms with Crippen molar-refractivity contribution < 1.29 is 13.6 Å². The fourth-order valence-electron chi connectivity index (χ4n) is 3.98. The van der Waals surface area contributed by atoms with Crippen LogP contribution in [0.2, 0.25) is 5.02 Å². The monoisotopic (exact) mass is 454 g/mol. The zero-order chi connectivity index (χ0) is 22.2. The molecule has 4 aromatic rings. The number of hydrogen-bond donors (Lipinski definition) is 1. The molecule has 1 saturated heterocycles. The first-order valence-corrected chi connectivity index (χ1v) is 10.6. The Balaban J connectivity index is 1.49. The van der Waals surface area contributed by atoms with Crippen molar-refractivity contribution in [2.45, 2.75) is 25.8 Å². The highest BCUT2D eigenvalue weighted by Crippen LogP contribution is 2.36. The molecular formula is C22H20ClFN6O2. The van der Waals surface area contributed by atoms with Gasteiger partial charge in [0.25, 0.3) is 0 Å². The third kappa shape index (κ3) is 3.80. The number of piperidine rings is 1. The molecule has 1 amide bonds. The number of fused-ring (bicyclic) bond motifs is 1. The van der Waals surface area contributed by atoms with Crippen LogP contribution in [0.4, 0.5) is 10.3 Å². The molecule has 0 atom stereocenters. The summed E-state index contributed by atoms with van der Waals surface area (Å²) in [6.45, 7) is 3.00. The number of anilines is 1. The van der Waals surface area contributed by atoms with Crippen LogP contribution >= 0.6 is 11.6 Å². The van der Waals surface area contributed by atoms with Gasteiger partial charge in [0.15, 0.2) is 0 Å². The zero-order valence-corrected chi connectivity index (χ0v) is 18.0. The zero-order valence-electron chi connectivity index (χ0n) is 17.3. The third-order valence-electron chi connectivity index (χ3n) is 5.62. The number of amides is 1. The maximum atomic E-state index is 13.6. The van der Waals surface area contributed by atoms with Crippen LogP contribution in [0.3, 0.4) is 0 Å². The molecule has 1 aliphatic rings. The second-order valence-corrected chi connectivity index (χ2v) is 8.09. The summed E-state index contributed by atoms with van der Waals surface area (Å²) in [4.78, 5) is 27.0. The van der Waals surface area contributed by atoms with Crippen LogP contribution in [-0.4, -0.2) is 49.3 Å². The first-order chi connectivity index (χ1) is 15.5. The minimum absolute atomic E-state index is 0.0959. The quantitative estimate of drug-likeness (QED) is 0.495. The van der Waals surface area contributed by atoms with Gasteiger partial charge in [-0.05, 0) is 37.1 Å². The number of aromatic nitrogens is 4. The number of carbonyl (C=O) groups excluding carboxylic acids is 1. The molecule has 1 aromatic carbocycles. The van der Waals surface area contributed by atoms with E-state index in [4.69, 9.17) is 21.0 Å². The van der Waals surface area contributed by atoms with Crippen molar-refractivity contribution in [3.63, 3.8) is 0 Å². The SMILES string of the molecule is CC(=O)N1CCC(Nc2nccc(-c3c(-c4ccc(F)cc4Cl)nc4occn34)n2)CC1. The van der Waals surface area contributed by atoms with Gasteiger partial charge in [0.2, 0.25) is 11.9 Å². The Kier molecular flexibility index (Phi) is 5.26. The average Bonchev–Trinajstić information content (AvgIpc) is 3.35. The molecule has 4 heterocycles. The predicted molar refractivity (Wildman–Crippen MR) is 118 cm³/mol. The number of nitrogens with zero attached hydrogens (tertiary/aromatic N) is 5. The summed E-state index contributed by atoms with van der Waals surface area (Å²) in [7, 11) is 0.